The van der Waals surface area contributed by atoms with Gasteiger partial charge in [-0.1, -0.05) is 19.0 Å². The Bertz CT molecular complexity index is 468. The normalized spacial score (nSPS) is 13.4. The van der Waals surface area contributed by atoms with E-state index in [9.17, 15) is 4.79 Å². The van der Waals surface area contributed by atoms with Crippen molar-refractivity contribution in [3.8, 4) is 0 Å². The number of amidine groups is 1. The van der Waals surface area contributed by atoms with Crippen LogP contribution in [-0.4, -0.2) is 39.9 Å². The summed E-state index contributed by atoms with van der Waals surface area (Å²) in [5.74, 6) is 0.188. The van der Waals surface area contributed by atoms with Gasteiger partial charge in [0.1, 0.15) is 5.69 Å². The van der Waals surface area contributed by atoms with Crippen LogP contribution in [0, 0.1) is 5.92 Å². The SMILES string of the molecule is CC(C)C(C)N(C)C(=O)c1ccc(C(N)=NO)cn1. The summed E-state index contributed by atoms with van der Waals surface area (Å²) in [5, 5.41) is 11.4. The second-order valence-corrected chi connectivity index (χ2v) is 4.82. The number of oxime groups is 1. The Morgan fingerprint density at radius 3 is 2.47 bits per heavy atom. The molecule has 0 aliphatic carbocycles. The van der Waals surface area contributed by atoms with E-state index in [0.717, 1.165) is 0 Å². The minimum absolute atomic E-state index is 0.0320. The first-order valence-corrected chi connectivity index (χ1v) is 6.09. The Morgan fingerprint density at radius 2 is 2.05 bits per heavy atom. The number of carbonyl (C=O) groups is 1. The van der Waals surface area contributed by atoms with Crippen molar-refractivity contribution in [2.75, 3.05) is 7.05 Å². The molecule has 1 atom stereocenters. The van der Waals surface area contributed by atoms with E-state index in [4.69, 9.17) is 10.9 Å². The van der Waals surface area contributed by atoms with Gasteiger partial charge in [-0.05, 0) is 25.0 Å². The van der Waals surface area contributed by atoms with Gasteiger partial charge in [-0.3, -0.25) is 9.78 Å². The van der Waals surface area contributed by atoms with E-state index in [1.165, 1.54) is 6.20 Å². The first-order chi connectivity index (χ1) is 8.88. The van der Waals surface area contributed by atoms with Gasteiger partial charge in [-0.25, -0.2) is 0 Å². The van der Waals surface area contributed by atoms with E-state index >= 15 is 0 Å². The number of nitrogens with two attached hydrogens (primary N) is 1. The number of rotatable bonds is 4. The van der Waals surface area contributed by atoms with Crippen LogP contribution in [0.3, 0.4) is 0 Å². The summed E-state index contributed by atoms with van der Waals surface area (Å²) in [6.07, 6.45) is 1.41. The van der Waals surface area contributed by atoms with Gasteiger partial charge in [0.2, 0.25) is 0 Å². The molecule has 1 aromatic rings. The van der Waals surface area contributed by atoms with E-state index in [-0.39, 0.29) is 17.8 Å². The molecular weight excluding hydrogens is 244 g/mol. The molecule has 1 amide bonds. The second kappa shape index (κ2) is 6.17. The van der Waals surface area contributed by atoms with Gasteiger partial charge >= 0.3 is 0 Å². The third kappa shape index (κ3) is 3.43. The minimum Gasteiger partial charge on any atom is -0.409 e. The molecular formula is C13H20N4O2. The first-order valence-electron chi connectivity index (χ1n) is 6.09. The van der Waals surface area contributed by atoms with Crippen LogP contribution in [0.1, 0.15) is 36.8 Å². The molecule has 6 nitrogen and oxygen atoms in total. The molecule has 0 spiro atoms. The van der Waals surface area contributed by atoms with Crippen molar-refractivity contribution < 1.29 is 10.0 Å². The maximum atomic E-state index is 12.2. The minimum atomic E-state index is -0.146. The Balaban J connectivity index is 2.89. The highest BCUT2D eigenvalue weighted by Gasteiger charge is 2.20. The molecule has 0 radical (unpaired) electrons. The molecule has 0 bridgehead atoms. The van der Waals surface area contributed by atoms with Gasteiger partial charge in [-0.2, -0.15) is 0 Å². The van der Waals surface area contributed by atoms with Crippen LogP contribution in [0.4, 0.5) is 0 Å². The number of nitrogens with zero attached hydrogens (tertiary/aromatic N) is 3. The number of hydrogen-bond donors (Lipinski definition) is 2. The standard InChI is InChI=1S/C13H20N4O2/c1-8(2)9(3)17(4)13(18)11-6-5-10(7-15-11)12(14)16-19/h5-9,19H,1-4H3,(H2,14,16). The highest BCUT2D eigenvalue weighted by atomic mass is 16.4. The van der Waals surface area contributed by atoms with Crippen LogP contribution >= 0.6 is 0 Å². The lowest BCUT2D eigenvalue weighted by molar-refractivity contribution is 0.0701. The van der Waals surface area contributed by atoms with Gasteiger partial charge < -0.3 is 15.8 Å². The summed E-state index contributed by atoms with van der Waals surface area (Å²) in [5.41, 5.74) is 6.24. The van der Waals surface area contributed by atoms with Crippen molar-refractivity contribution in [2.45, 2.75) is 26.8 Å². The molecule has 0 aliphatic rings. The van der Waals surface area contributed by atoms with Crippen molar-refractivity contribution in [3.05, 3.63) is 29.6 Å². The quantitative estimate of drug-likeness (QED) is 0.371. The average molecular weight is 264 g/mol. The predicted octanol–water partition coefficient (Wildman–Crippen LogP) is 1.29. The number of amides is 1. The van der Waals surface area contributed by atoms with E-state index in [0.29, 0.717) is 17.2 Å². The fourth-order valence-electron chi connectivity index (χ4n) is 1.54. The lowest BCUT2D eigenvalue weighted by atomic mass is 10.0. The summed E-state index contributed by atoms with van der Waals surface area (Å²) in [4.78, 5) is 17.9. The highest BCUT2D eigenvalue weighted by Crippen LogP contribution is 2.11. The third-order valence-corrected chi connectivity index (χ3v) is 3.28. The zero-order valence-corrected chi connectivity index (χ0v) is 11.7. The summed E-state index contributed by atoms with van der Waals surface area (Å²) >= 11 is 0. The number of aromatic nitrogens is 1. The Morgan fingerprint density at radius 1 is 1.42 bits per heavy atom. The zero-order valence-electron chi connectivity index (χ0n) is 11.7. The lowest BCUT2D eigenvalue weighted by Gasteiger charge is -2.27. The molecule has 0 saturated heterocycles. The molecule has 0 aliphatic heterocycles. The van der Waals surface area contributed by atoms with Crippen LogP contribution in [-0.2, 0) is 0 Å². The molecule has 1 aromatic heterocycles. The Labute approximate surface area is 112 Å². The fourth-order valence-corrected chi connectivity index (χ4v) is 1.54. The van der Waals surface area contributed by atoms with E-state index in [1.54, 1.807) is 24.1 Å². The molecule has 1 unspecified atom stereocenters. The largest absolute Gasteiger partial charge is 0.409 e. The van der Waals surface area contributed by atoms with E-state index < -0.39 is 0 Å². The zero-order chi connectivity index (χ0) is 14.6. The van der Waals surface area contributed by atoms with Gasteiger partial charge in [0.05, 0.1) is 0 Å². The molecule has 0 saturated carbocycles. The van der Waals surface area contributed by atoms with Crippen molar-refractivity contribution >= 4 is 11.7 Å². The van der Waals surface area contributed by atoms with E-state index in [1.807, 2.05) is 6.92 Å². The monoisotopic (exact) mass is 264 g/mol. The molecule has 104 valence electrons. The molecule has 0 fully saturated rings. The van der Waals surface area contributed by atoms with Gasteiger partial charge in [0, 0.05) is 24.8 Å². The predicted molar refractivity (Wildman–Crippen MR) is 73.1 cm³/mol. The molecule has 1 heterocycles. The summed E-state index contributed by atoms with van der Waals surface area (Å²) < 4.78 is 0. The molecule has 1 rings (SSSR count). The van der Waals surface area contributed by atoms with Crippen molar-refractivity contribution in [3.63, 3.8) is 0 Å². The summed E-state index contributed by atoms with van der Waals surface area (Å²) in [6.45, 7) is 6.11. The van der Waals surface area contributed by atoms with Crippen LogP contribution in [0.2, 0.25) is 0 Å². The average Bonchev–Trinajstić information content (AvgIpc) is 2.44. The van der Waals surface area contributed by atoms with Gasteiger partial charge in [0.15, 0.2) is 5.84 Å². The Hall–Kier alpha value is -2.11. The highest BCUT2D eigenvalue weighted by molar-refractivity contribution is 5.98. The van der Waals surface area contributed by atoms with Crippen molar-refractivity contribution in [1.29, 1.82) is 0 Å². The fraction of sp³-hybridized carbons (Fsp3) is 0.462. The maximum absolute atomic E-state index is 12.2. The molecule has 0 aromatic carbocycles. The third-order valence-electron chi connectivity index (χ3n) is 3.28. The number of carbonyl (C=O) groups excluding carboxylic acids is 1. The van der Waals surface area contributed by atoms with Crippen molar-refractivity contribution in [2.24, 2.45) is 16.8 Å². The second-order valence-electron chi connectivity index (χ2n) is 4.82. The van der Waals surface area contributed by atoms with E-state index in [2.05, 4.69) is 24.0 Å². The summed E-state index contributed by atoms with van der Waals surface area (Å²) in [7, 11) is 1.76. The maximum Gasteiger partial charge on any atom is 0.272 e. The molecule has 19 heavy (non-hydrogen) atoms. The van der Waals surface area contributed by atoms with Crippen LogP contribution < -0.4 is 5.73 Å². The molecule has 6 heteroatoms. The lowest BCUT2D eigenvalue weighted by Crippen LogP contribution is -2.38. The number of hydrogen-bond acceptors (Lipinski definition) is 4. The smallest absolute Gasteiger partial charge is 0.272 e. The Kier molecular flexibility index (Phi) is 4.86. The number of pyridine rings is 1. The van der Waals surface area contributed by atoms with Crippen LogP contribution in [0.25, 0.3) is 0 Å². The molecule has 3 N–H and O–H groups in total. The first kappa shape index (κ1) is 14.9. The van der Waals surface area contributed by atoms with Gasteiger partial charge in [-0.15, -0.1) is 0 Å². The summed E-state index contributed by atoms with van der Waals surface area (Å²) in [6, 6.07) is 3.29. The van der Waals surface area contributed by atoms with Crippen LogP contribution in [0.5, 0.6) is 0 Å². The topological polar surface area (TPSA) is 91.8 Å². The van der Waals surface area contributed by atoms with Crippen molar-refractivity contribution in [1.82, 2.24) is 9.88 Å². The van der Waals surface area contributed by atoms with Gasteiger partial charge in [0.25, 0.3) is 5.91 Å². The van der Waals surface area contributed by atoms with Crippen LogP contribution in [0.15, 0.2) is 23.5 Å².